The minimum atomic E-state index is 0.457. The van der Waals surface area contributed by atoms with Gasteiger partial charge in [-0.15, -0.1) is 0 Å². The molecular formula is C50H30N4. The smallest absolute Gasteiger partial charge is 0.196 e. The van der Waals surface area contributed by atoms with Crippen LogP contribution in [0.1, 0.15) is 5.56 Å². The molecule has 4 nitrogen and oxygen atoms in total. The number of para-hydroxylation sites is 5. The van der Waals surface area contributed by atoms with Crippen LogP contribution in [0.3, 0.4) is 0 Å². The molecule has 0 unspecified atom stereocenters. The molecule has 0 spiro atoms. The van der Waals surface area contributed by atoms with Crippen molar-refractivity contribution >= 4 is 49.3 Å². The molecule has 2 heterocycles. The molecule has 4 heteroatoms. The highest BCUT2D eigenvalue weighted by Gasteiger charge is 2.22. The van der Waals surface area contributed by atoms with Gasteiger partial charge in [-0.1, -0.05) is 127 Å². The monoisotopic (exact) mass is 686 g/mol. The second-order valence-corrected chi connectivity index (χ2v) is 13.5. The molecule has 0 radical (unpaired) electrons. The molecule has 0 fully saturated rings. The van der Waals surface area contributed by atoms with Crippen LogP contribution in [0.25, 0.3) is 93.2 Å². The molecule has 10 rings (SSSR count). The number of benzene rings is 8. The van der Waals surface area contributed by atoms with Gasteiger partial charge in [0.15, 0.2) is 5.69 Å². The highest BCUT2D eigenvalue weighted by molar-refractivity contribution is 6.12. The number of aromatic nitrogens is 2. The fourth-order valence-corrected chi connectivity index (χ4v) is 8.29. The van der Waals surface area contributed by atoms with Crippen molar-refractivity contribution in [2.45, 2.75) is 0 Å². The molecular weight excluding hydrogens is 657 g/mol. The first-order valence-electron chi connectivity index (χ1n) is 18.0. The van der Waals surface area contributed by atoms with E-state index < -0.39 is 0 Å². The fraction of sp³-hybridized carbons (Fsp3) is 0. The van der Waals surface area contributed by atoms with Gasteiger partial charge in [-0.3, -0.25) is 0 Å². The summed E-state index contributed by atoms with van der Waals surface area (Å²) in [6.07, 6.45) is 0. The Morgan fingerprint density at radius 2 is 0.907 bits per heavy atom. The molecule has 0 atom stereocenters. The van der Waals surface area contributed by atoms with Crippen molar-refractivity contribution in [3.05, 3.63) is 199 Å². The van der Waals surface area contributed by atoms with Gasteiger partial charge in [0.05, 0.1) is 46.1 Å². The summed E-state index contributed by atoms with van der Waals surface area (Å²) in [6.45, 7) is 7.97. The van der Waals surface area contributed by atoms with Crippen LogP contribution in [0.15, 0.2) is 182 Å². The minimum Gasteiger partial charge on any atom is -0.309 e. The molecule has 10 aromatic rings. The molecule has 2 aromatic heterocycles. The van der Waals surface area contributed by atoms with E-state index in [0.717, 1.165) is 66.8 Å². The van der Waals surface area contributed by atoms with Crippen molar-refractivity contribution in [3.8, 4) is 50.8 Å². The van der Waals surface area contributed by atoms with Gasteiger partial charge in [0.25, 0.3) is 0 Å². The summed E-state index contributed by atoms with van der Waals surface area (Å²) >= 11 is 0. The summed E-state index contributed by atoms with van der Waals surface area (Å²) in [5.74, 6) is 0. The van der Waals surface area contributed by atoms with E-state index in [0.29, 0.717) is 11.3 Å². The van der Waals surface area contributed by atoms with Crippen molar-refractivity contribution in [3.63, 3.8) is 0 Å². The average molecular weight is 687 g/mol. The van der Waals surface area contributed by atoms with Crippen LogP contribution in [-0.4, -0.2) is 9.13 Å². The van der Waals surface area contributed by atoms with Gasteiger partial charge in [0, 0.05) is 38.2 Å². The highest BCUT2D eigenvalue weighted by atomic mass is 15.0. The Morgan fingerprint density at radius 1 is 0.426 bits per heavy atom. The van der Waals surface area contributed by atoms with Crippen LogP contribution in [0.2, 0.25) is 0 Å². The minimum absolute atomic E-state index is 0.457. The molecule has 54 heavy (non-hydrogen) atoms. The van der Waals surface area contributed by atoms with Gasteiger partial charge in [0.1, 0.15) is 0 Å². The summed E-state index contributed by atoms with van der Waals surface area (Å²) in [4.78, 5) is 3.83. The first-order chi connectivity index (χ1) is 26.7. The lowest BCUT2D eigenvalue weighted by Gasteiger charge is -2.21. The quantitative estimate of drug-likeness (QED) is 0.166. The highest BCUT2D eigenvalue weighted by Crippen LogP contribution is 2.45. The lowest BCUT2D eigenvalue weighted by Crippen LogP contribution is -2.02. The van der Waals surface area contributed by atoms with Gasteiger partial charge >= 0.3 is 0 Å². The number of nitrogens with zero attached hydrogens (tertiary/aromatic N) is 4. The van der Waals surface area contributed by atoms with Crippen LogP contribution in [-0.2, 0) is 0 Å². The van der Waals surface area contributed by atoms with E-state index in [-0.39, 0.29) is 0 Å². The van der Waals surface area contributed by atoms with Gasteiger partial charge in [-0.25, -0.2) is 4.85 Å². The Bertz CT molecular complexity index is 3090. The van der Waals surface area contributed by atoms with Crippen LogP contribution < -0.4 is 0 Å². The van der Waals surface area contributed by atoms with Gasteiger partial charge in [-0.05, 0) is 76.9 Å². The Balaban J connectivity index is 1.31. The first-order valence-corrected chi connectivity index (χ1v) is 18.0. The molecule has 0 amide bonds. The average Bonchev–Trinajstić information content (AvgIpc) is 3.76. The predicted molar refractivity (Wildman–Crippen MR) is 222 cm³/mol. The van der Waals surface area contributed by atoms with Crippen molar-refractivity contribution in [2.75, 3.05) is 0 Å². The van der Waals surface area contributed by atoms with Crippen LogP contribution in [0.5, 0.6) is 0 Å². The maximum atomic E-state index is 9.57. The third kappa shape index (κ3) is 4.76. The molecule has 0 aliphatic rings. The van der Waals surface area contributed by atoms with Gasteiger partial charge in [0.2, 0.25) is 0 Å². The Morgan fingerprint density at radius 3 is 1.50 bits per heavy atom. The molecule has 250 valence electrons. The molecule has 0 saturated heterocycles. The van der Waals surface area contributed by atoms with Crippen molar-refractivity contribution in [2.24, 2.45) is 0 Å². The normalized spacial score (nSPS) is 11.3. The number of nitriles is 1. The van der Waals surface area contributed by atoms with E-state index in [2.05, 4.69) is 178 Å². The van der Waals surface area contributed by atoms with Crippen LogP contribution >= 0.6 is 0 Å². The van der Waals surface area contributed by atoms with Crippen LogP contribution in [0, 0.1) is 17.9 Å². The second-order valence-electron chi connectivity index (χ2n) is 13.5. The lowest BCUT2D eigenvalue weighted by atomic mass is 9.90. The largest absolute Gasteiger partial charge is 0.309 e. The topological polar surface area (TPSA) is 38.0 Å². The third-order valence-electron chi connectivity index (χ3n) is 10.6. The fourth-order valence-electron chi connectivity index (χ4n) is 8.29. The van der Waals surface area contributed by atoms with Crippen molar-refractivity contribution < 1.29 is 0 Å². The maximum Gasteiger partial charge on any atom is 0.196 e. The van der Waals surface area contributed by atoms with Crippen molar-refractivity contribution in [1.29, 1.82) is 5.26 Å². The SMILES string of the molecule is [C-]#[N+]c1cc(C#N)ccc1-c1cccc(-c2c(-c3ccccc3-n3c4ccccc4c4ccccc43)cccc2-n2c3ccccc3c3ccccc32)c1. The lowest BCUT2D eigenvalue weighted by molar-refractivity contribution is 1.17. The zero-order valence-corrected chi connectivity index (χ0v) is 29.1. The van der Waals surface area contributed by atoms with Gasteiger partial charge < -0.3 is 9.13 Å². The third-order valence-corrected chi connectivity index (χ3v) is 10.6. The summed E-state index contributed by atoms with van der Waals surface area (Å²) < 4.78 is 4.79. The van der Waals surface area contributed by atoms with E-state index in [1.165, 1.54) is 21.5 Å². The number of fused-ring (bicyclic) bond motifs is 6. The molecule has 8 aromatic carbocycles. The first kappa shape index (κ1) is 31.1. The standard InChI is InChI=1S/C50H30N4/c1-52-43-30-33(32-51)28-29-36(43)34-14-12-15-35(31-34)50-42(21-13-27-49(50)54-46-24-9-4-18-39(46)40-19-5-10-25-47(40)54)41-20-6-11-26-48(41)53-44-22-7-2-16-37(44)38-17-3-8-23-45(38)53/h2-31H. The number of hydrogen-bond acceptors (Lipinski definition) is 1. The molecule has 0 saturated carbocycles. The number of hydrogen-bond donors (Lipinski definition) is 0. The summed E-state index contributed by atoms with van der Waals surface area (Å²) in [6, 6.07) is 65.8. The van der Waals surface area contributed by atoms with Crippen molar-refractivity contribution in [1.82, 2.24) is 9.13 Å². The van der Waals surface area contributed by atoms with Gasteiger partial charge in [-0.2, -0.15) is 5.26 Å². The van der Waals surface area contributed by atoms with E-state index in [1.54, 1.807) is 12.1 Å². The van der Waals surface area contributed by atoms with Crippen LogP contribution in [0.4, 0.5) is 5.69 Å². The summed E-state index contributed by atoms with van der Waals surface area (Å²) in [7, 11) is 0. The predicted octanol–water partition coefficient (Wildman–Crippen LogP) is 13.3. The van der Waals surface area contributed by atoms with E-state index >= 15 is 0 Å². The summed E-state index contributed by atoms with van der Waals surface area (Å²) in [5, 5.41) is 14.4. The van der Waals surface area contributed by atoms with E-state index in [9.17, 15) is 5.26 Å². The van der Waals surface area contributed by atoms with E-state index in [1.807, 2.05) is 12.1 Å². The zero-order chi connectivity index (χ0) is 36.2. The molecule has 0 N–H and O–H groups in total. The maximum absolute atomic E-state index is 9.57. The molecule has 0 bridgehead atoms. The van der Waals surface area contributed by atoms with E-state index in [4.69, 9.17) is 6.57 Å². The second kappa shape index (κ2) is 12.5. The Kier molecular flexibility index (Phi) is 7.22. The molecule has 0 aliphatic heterocycles. The zero-order valence-electron chi connectivity index (χ0n) is 29.1. The Hall–Kier alpha value is -7.66. The molecule has 0 aliphatic carbocycles. The number of rotatable bonds is 5. The summed E-state index contributed by atoms with van der Waals surface area (Å²) in [5.41, 5.74) is 13.7. The Labute approximate surface area is 312 Å².